The smallest absolute Gasteiger partial charge is 0.0861 e. The van der Waals surface area contributed by atoms with E-state index in [4.69, 9.17) is 0 Å². The van der Waals surface area contributed by atoms with Gasteiger partial charge in [0, 0.05) is 5.97 Å². The zero-order chi connectivity index (χ0) is 14.9. The standard InChI is InChI=1S/C12H23N.C6H10O2/c1-3-7-11(8-4-1)13-12-9-5-2-6-10-12;7-6(8)5-3-1-2-4-5/h11-13H,1-10H2;5H,1-4H2,(H,7,8). The number of nitrogens with two attached hydrogens (primary N) is 1. The van der Waals surface area contributed by atoms with Gasteiger partial charge < -0.3 is 15.2 Å². The molecule has 2 N–H and O–H groups in total. The maximum atomic E-state index is 10.1. The summed E-state index contributed by atoms with van der Waals surface area (Å²) in [6, 6.07) is 1.99. The summed E-state index contributed by atoms with van der Waals surface area (Å²) in [6.45, 7) is 0. The monoisotopic (exact) mass is 295 g/mol. The van der Waals surface area contributed by atoms with E-state index in [1.807, 2.05) is 0 Å². The first kappa shape index (κ1) is 16.8. The average molecular weight is 295 g/mol. The van der Waals surface area contributed by atoms with Crippen LogP contribution in [0.3, 0.4) is 0 Å². The Hall–Kier alpha value is -0.570. The topological polar surface area (TPSA) is 56.7 Å². The molecule has 0 radical (unpaired) electrons. The van der Waals surface area contributed by atoms with Crippen LogP contribution in [-0.2, 0) is 4.79 Å². The molecular weight excluding hydrogens is 262 g/mol. The summed E-state index contributed by atoms with van der Waals surface area (Å²) in [5.41, 5.74) is 0. The molecule has 0 unspecified atom stereocenters. The lowest BCUT2D eigenvalue weighted by atomic mass is 9.91. The molecule has 0 aromatic heterocycles. The van der Waals surface area contributed by atoms with Crippen molar-refractivity contribution in [1.82, 2.24) is 0 Å². The van der Waals surface area contributed by atoms with Gasteiger partial charge in [0.2, 0.25) is 0 Å². The van der Waals surface area contributed by atoms with Crippen molar-refractivity contribution in [1.29, 1.82) is 0 Å². The fraction of sp³-hybridized carbons (Fsp3) is 0.944. The number of carbonyl (C=O) groups is 1. The summed E-state index contributed by atoms with van der Waals surface area (Å²) in [7, 11) is 0. The molecule has 0 heterocycles. The highest BCUT2D eigenvalue weighted by Crippen LogP contribution is 2.23. The van der Waals surface area contributed by atoms with Crippen molar-refractivity contribution in [2.24, 2.45) is 5.92 Å². The van der Waals surface area contributed by atoms with Crippen molar-refractivity contribution >= 4 is 5.97 Å². The van der Waals surface area contributed by atoms with Crippen molar-refractivity contribution in [3.8, 4) is 0 Å². The Morgan fingerprint density at radius 2 is 1.05 bits per heavy atom. The van der Waals surface area contributed by atoms with E-state index in [0.29, 0.717) is 0 Å². The molecule has 0 bridgehead atoms. The molecule has 122 valence electrons. The minimum Gasteiger partial charge on any atom is -0.550 e. The van der Waals surface area contributed by atoms with Crippen LogP contribution in [0.1, 0.15) is 89.9 Å². The first-order valence-corrected chi connectivity index (χ1v) is 9.31. The van der Waals surface area contributed by atoms with E-state index in [1.54, 1.807) is 0 Å². The van der Waals surface area contributed by atoms with Crippen LogP contribution in [0.2, 0.25) is 0 Å². The zero-order valence-corrected chi connectivity index (χ0v) is 13.5. The minimum atomic E-state index is -0.859. The molecule has 3 aliphatic carbocycles. The first-order chi connectivity index (χ1) is 10.3. The number of hydrogen-bond acceptors (Lipinski definition) is 2. The Morgan fingerprint density at radius 3 is 1.38 bits per heavy atom. The first-order valence-electron chi connectivity index (χ1n) is 9.31. The van der Waals surface area contributed by atoms with Crippen molar-refractivity contribution in [3.05, 3.63) is 0 Å². The lowest BCUT2D eigenvalue weighted by Gasteiger charge is -2.27. The molecule has 0 saturated heterocycles. The molecule has 3 rings (SSSR count). The summed E-state index contributed by atoms with van der Waals surface area (Å²) >= 11 is 0. The second-order valence-electron chi connectivity index (χ2n) is 7.29. The molecule has 0 aromatic carbocycles. The Bertz CT molecular complexity index is 272. The van der Waals surface area contributed by atoms with E-state index in [-0.39, 0.29) is 5.92 Å². The van der Waals surface area contributed by atoms with Gasteiger partial charge in [-0.1, -0.05) is 25.7 Å². The Morgan fingerprint density at radius 1 is 0.667 bits per heavy atom. The molecule has 0 amide bonds. The van der Waals surface area contributed by atoms with Crippen molar-refractivity contribution in [2.45, 2.75) is 102 Å². The van der Waals surface area contributed by atoms with Gasteiger partial charge in [-0.05, 0) is 70.1 Å². The molecule has 3 nitrogen and oxygen atoms in total. The van der Waals surface area contributed by atoms with Gasteiger partial charge in [0.25, 0.3) is 0 Å². The second-order valence-corrected chi connectivity index (χ2v) is 7.29. The minimum absolute atomic E-state index is 0.130. The van der Waals surface area contributed by atoms with Crippen LogP contribution >= 0.6 is 0 Å². The highest BCUT2D eigenvalue weighted by molar-refractivity contribution is 5.67. The van der Waals surface area contributed by atoms with Gasteiger partial charge >= 0.3 is 0 Å². The number of carboxylic acid groups (broad SMARTS) is 1. The largest absolute Gasteiger partial charge is 0.550 e. The van der Waals surface area contributed by atoms with Crippen molar-refractivity contribution in [2.75, 3.05) is 0 Å². The fourth-order valence-corrected chi connectivity index (χ4v) is 4.20. The summed E-state index contributed by atoms with van der Waals surface area (Å²) in [5.74, 6) is -0.988. The van der Waals surface area contributed by atoms with Gasteiger partial charge in [-0.15, -0.1) is 0 Å². The predicted octanol–water partition coefficient (Wildman–Crippen LogP) is 2.14. The number of aliphatic carboxylic acids is 1. The summed E-state index contributed by atoms with van der Waals surface area (Å²) in [6.07, 6.45) is 18.8. The second kappa shape index (κ2) is 9.45. The van der Waals surface area contributed by atoms with Gasteiger partial charge in [0.05, 0.1) is 12.1 Å². The number of carbonyl (C=O) groups excluding carboxylic acids is 1. The Balaban J connectivity index is 0.000000173. The normalized spacial score (nSPS) is 25.3. The number of hydrogen-bond donors (Lipinski definition) is 1. The third kappa shape index (κ3) is 6.37. The van der Waals surface area contributed by atoms with Gasteiger partial charge in [-0.25, -0.2) is 0 Å². The van der Waals surface area contributed by atoms with Crippen LogP contribution < -0.4 is 10.4 Å². The summed E-state index contributed by atoms with van der Waals surface area (Å²) in [5, 5.41) is 12.8. The number of carboxylic acids is 1. The average Bonchev–Trinajstić information content (AvgIpc) is 3.05. The summed E-state index contributed by atoms with van der Waals surface area (Å²) < 4.78 is 0. The lowest BCUT2D eigenvalue weighted by molar-refractivity contribution is -0.725. The highest BCUT2D eigenvalue weighted by Gasteiger charge is 2.22. The third-order valence-electron chi connectivity index (χ3n) is 5.53. The van der Waals surface area contributed by atoms with Crippen LogP contribution in [0.15, 0.2) is 0 Å². The molecule has 3 aliphatic rings. The number of quaternary nitrogens is 1. The van der Waals surface area contributed by atoms with Gasteiger partial charge in [0.15, 0.2) is 0 Å². The van der Waals surface area contributed by atoms with Crippen LogP contribution in [0.4, 0.5) is 0 Å². The van der Waals surface area contributed by atoms with E-state index in [2.05, 4.69) is 5.32 Å². The molecular formula is C18H33NO2. The highest BCUT2D eigenvalue weighted by atomic mass is 16.4. The van der Waals surface area contributed by atoms with Crippen molar-refractivity contribution in [3.63, 3.8) is 0 Å². The lowest BCUT2D eigenvalue weighted by Crippen LogP contribution is -2.95. The molecule has 0 aliphatic heterocycles. The fourth-order valence-electron chi connectivity index (χ4n) is 4.20. The quantitative estimate of drug-likeness (QED) is 0.867. The molecule has 21 heavy (non-hydrogen) atoms. The SMILES string of the molecule is C1CCC([NH2+]C2CCCCC2)CC1.O=C([O-])C1CCCC1. The van der Waals surface area contributed by atoms with E-state index >= 15 is 0 Å². The van der Waals surface area contributed by atoms with Crippen molar-refractivity contribution < 1.29 is 15.2 Å². The zero-order valence-electron chi connectivity index (χ0n) is 13.5. The van der Waals surface area contributed by atoms with Crippen LogP contribution in [0.5, 0.6) is 0 Å². The van der Waals surface area contributed by atoms with Crippen LogP contribution in [0, 0.1) is 5.92 Å². The van der Waals surface area contributed by atoms with E-state index in [9.17, 15) is 9.90 Å². The molecule has 0 atom stereocenters. The third-order valence-corrected chi connectivity index (χ3v) is 5.53. The maximum absolute atomic E-state index is 10.1. The van der Waals surface area contributed by atoms with Crippen LogP contribution in [0.25, 0.3) is 0 Å². The van der Waals surface area contributed by atoms with E-state index in [1.165, 1.54) is 64.2 Å². The molecule has 3 heteroatoms. The van der Waals surface area contributed by atoms with Gasteiger partial charge in [-0.2, -0.15) is 0 Å². The number of rotatable bonds is 3. The molecule has 3 fully saturated rings. The summed E-state index contributed by atoms with van der Waals surface area (Å²) in [4.78, 5) is 10.1. The molecule has 0 spiro atoms. The Kier molecular flexibility index (Phi) is 7.56. The van der Waals surface area contributed by atoms with E-state index < -0.39 is 5.97 Å². The van der Waals surface area contributed by atoms with E-state index in [0.717, 1.165) is 37.8 Å². The van der Waals surface area contributed by atoms with Crippen LogP contribution in [-0.4, -0.2) is 18.1 Å². The Labute approximate surface area is 129 Å². The molecule has 3 saturated carbocycles. The van der Waals surface area contributed by atoms with Gasteiger partial charge in [-0.3, -0.25) is 0 Å². The predicted molar refractivity (Wildman–Crippen MR) is 82.6 cm³/mol. The van der Waals surface area contributed by atoms with Gasteiger partial charge in [0.1, 0.15) is 0 Å². The maximum Gasteiger partial charge on any atom is 0.0861 e. The molecule has 0 aromatic rings.